The number of aliphatic hydroxyl groups excluding tert-OH is 1. The van der Waals surface area contributed by atoms with Crippen LogP contribution >= 0.6 is 0 Å². The molecule has 0 amide bonds. The molecular weight excluding hydrogens is 240 g/mol. The molecule has 2 atom stereocenters. The Balaban J connectivity index is 2.17. The lowest BCUT2D eigenvalue weighted by molar-refractivity contribution is 0.193. The van der Waals surface area contributed by atoms with E-state index in [2.05, 4.69) is 0 Å². The van der Waals surface area contributed by atoms with Crippen molar-refractivity contribution in [2.24, 2.45) is 0 Å². The van der Waals surface area contributed by atoms with Crippen LogP contribution in [-0.2, 0) is 10.2 Å². The molecule has 2 unspecified atom stereocenters. The molecule has 1 N–H and O–H groups in total. The van der Waals surface area contributed by atoms with E-state index in [0.29, 0.717) is 13.1 Å². The third-order valence-corrected chi connectivity index (χ3v) is 6.08. The van der Waals surface area contributed by atoms with Gasteiger partial charge in [-0.05, 0) is 32.6 Å². The monoisotopic (exact) mass is 262 g/mol. The molecule has 0 spiro atoms. The van der Waals surface area contributed by atoms with Crippen LogP contribution in [0, 0.1) is 0 Å². The number of piperidine rings is 1. The summed E-state index contributed by atoms with van der Waals surface area (Å²) in [7, 11) is -3.37. The zero-order chi connectivity index (χ0) is 12.5. The number of hydrogen-bond acceptors (Lipinski definition) is 3. The van der Waals surface area contributed by atoms with Crippen LogP contribution in [0.25, 0.3) is 0 Å². The van der Waals surface area contributed by atoms with Crippen LogP contribution in [0.15, 0.2) is 0 Å². The van der Waals surface area contributed by atoms with Gasteiger partial charge in [-0.1, -0.05) is 6.42 Å². The molecule has 0 aliphatic carbocycles. The highest BCUT2D eigenvalue weighted by molar-refractivity contribution is 7.86. The molecule has 2 aliphatic rings. The van der Waals surface area contributed by atoms with E-state index in [1.165, 1.54) is 4.31 Å². The van der Waals surface area contributed by atoms with Crippen LogP contribution in [0.4, 0.5) is 0 Å². The Bertz CT molecular complexity index is 350. The van der Waals surface area contributed by atoms with Crippen molar-refractivity contribution in [1.29, 1.82) is 0 Å². The fourth-order valence-corrected chi connectivity index (χ4v) is 4.94. The average Bonchev–Trinajstić information content (AvgIpc) is 2.78. The molecule has 2 aliphatic heterocycles. The normalized spacial score (nSPS) is 33.1. The largest absolute Gasteiger partial charge is 0.395 e. The van der Waals surface area contributed by atoms with Crippen LogP contribution in [0.5, 0.6) is 0 Å². The summed E-state index contributed by atoms with van der Waals surface area (Å²) in [5.41, 5.74) is 0. The first kappa shape index (κ1) is 13.3. The fraction of sp³-hybridized carbons (Fsp3) is 1.00. The van der Waals surface area contributed by atoms with E-state index in [9.17, 15) is 13.5 Å². The van der Waals surface area contributed by atoms with E-state index in [4.69, 9.17) is 0 Å². The Morgan fingerprint density at radius 2 is 1.82 bits per heavy atom. The first-order chi connectivity index (χ1) is 8.07. The van der Waals surface area contributed by atoms with Gasteiger partial charge in [0.15, 0.2) is 0 Å². The van der Waals surface area contributed by atoms with Crippen LogP contribution in [0.2, 0.25) is 0 Å². The number of rotatable bonds is 3. The molecular formula is C11H22N2O3S. The van der Waals surface area contributed by atoms with Crippen LogP contribution in [0.3, 0.4) is 0 Å². The lowest BCUT2D eigenvalue weighted by atomic mass is 10.1. The number of hydrogen-bond donors (Lipinski definition) is 1. The Morgan fingerprint density at radius 1 is 1.12 bits per heavy atom. The van der Waals surface area contributed by atoms with Crippen LogP contribution in [-0.4, -0.2) is 53.9 Å². The van der Waals surface area contributed by atoms with Gasteiger partial charge in [0, 0.05) is 25.2 Å². The van der Waals surface area contributed by atoms with Crippen molar-refractivity contribution in [2.45, 2.75) is 51.1 Å². The van der Waals surface area contributed by atoms with Gasteiger partial charge in [-0.2, -0.15) is 17.0 Å². The highest BCUT2D eigenvalue weighted by atomic mass is 32.2. The van der Waals surface area contributed by atoms with Gasteiger partial charge in [0.1, 0.15) is 0 Å². The van der Waals surface area contributed by atoms with Crippen molar-refractivity contribution >= 4 is 10.2 Å². The molecule has 0 bridgehead atoms. The Hall–Kier alpha value is -0.170. The second kappa shape index (κ2) is 5.22. The van der Waals surface area contributed by atoms with Gasteiger partial charge in [-0.25, -0.2) is 0 Å². The zero-order valence-electron chi connectivity index (χ0n) is 10.4. The van der Waals surface area contributed by atoms with E-state index in [1.54, 1.807) is 4.31 Å². The fourth-order valence-electron chi connectivity index (χ4n) is 2.84. The van der Waals surface area contributed by atoms with E-state index in [1.807, 2.05) is 6.92 Å². The summed E-state index contributed by atoms with van der Waals surface area (Å²) >= 11 is 0. The first-order valence-corrected chi connectivity index (χ1v) is 7.86. The Kier molecular flexibility index (Phi) is 4.07. The minimum atomic E-state index is -3.37. The van der Waals surface area contributed by atoms with Crippen molar-refractivity contribution in [1.82, 2.24) is 8.61 Å². The second-order valence-electron chi connectivity index (χ2n) is 5.05. The van der Waals surface area contributed by atoms with E-state index < -0.39 is 10.2 Å². The molecule has 5 nitrogen and oxygen atoms in total. The SMILES string of the molecule is CC1CCCCN1S(=O)(=O)N1CCCC1CO. The minimum absolute atomic E-state index is 0.0680. The third kappa shape index (κ3) is 2.50. The molecule has 0 radical (unpaired) electrons. The summed E-state index contributed by atoms with van der Waals surface area (Å²) in [4.78, 5) is 0. The van der Waals surface area contributed by atoms with E-state index in [0.717, 1.165) is 32.1 Å². The third-order valence-electron chi connectivity index (χ3n) is 3.87. The molecule has 0 aromatic carbocycles. The highest BCUT2D eigenvalue weighted by Crippen LogP contribution is 2.27. The lowest BCUT2D eigenvalue weighted by Gasteiger charge is -2.36. The Morgan fingerprint density at radius 3 is 2.47 bits per heavy atom. The molecule has 0 aromatic heterocycles. The molecule has 2 heterocycles. The number of nitrogens with zero attached hydrogens (tertiary/aromatic N) is 2. The van der Waals surface area contributed by atoms with Gasteiger partial charge >= 0.3 is 0 Å². The predicted octanol–water partition coefficient (Wildman–Crippen LogP) is 0.562. The topological polar surface area (TPSA) is 60.9 Å². The molecule has 0 aromatic rings. The van der Waals surface area contributed by atoms with Crippen molar-refractivity contribution in [3.8, 4) is 0 Å². The lowest BCUT2D eigenvalue weighted by Crippen LogP contribution is -2.51. The first-order valence-electron chi connectivity index (χ1n) is 6.47. The predicted molar refractivity (Wildman–Crippen MR) is 65.8 cm³/mol. The Labute approximate surface area is 104 Å². The smallest absolute Gasteiger partial charge is 0.282 e. The quantitative estimate of drug-likeness (QED) is 0.808. The average molecular weight is 262 g/mol. The van der Waals surface area contributed by atoms with Crippen molar-refractivity contribution in [2.75, 3.05) is 19.7 Å². The summed E-state index contributed by atoms with van der Waals surface area (Å²) in [5.74, 6) is 0. The molecule has 2 saturated heterocycles. The maximum absolute atomic E-state index is 12.5. The highest BCUT2D eigenvalue weighted by Gasteiger charge is 2.40. The minimum Gasteiger partial charge on any atom is -0.395 e. The molecule has 2 rings (SSSR count). The maximum Gasteiger partial charge on any atom is 0.282 e. The molecule has 2 fully saturated rings. The van der Waals surface area contributed by atoms with Gasteiger partial charge in [0.25, 0.3) is 10.2 Å². The van der Waals surface area contributed by atoms with Gasteiger partial charge < -0.3 is 5.11 Å². The second-order valence-corrected chi connectivity index (χ2v) is 6.89. The van der Waals surface area contributed by atoms with E-state index in [-0.39, 0.29) is 18.7 Å². The van der Waals surface area contributed by atoms with Gasteiger partial charge in [0.2, 0.25) is 0 Å². The summed E-state index contributed by atoms with van der Waals surface area (Å²) < 4.78 is 28.1. The maximum atomic E-state index is 12.5. The van der Waals surface area contributed by atoms with Gasteiger partial charge in [-0.3, -0.25) is 0 Å². The van der Waals surface area contributed by atoms with Crippen LogP contribution in [0.1, 0.15) is 39.0 Å². The zero-order valence-corrected chi connectivity index (χ0v) is 11.2. The molecule has 17 heavy (non-hydrogen) atoms. The van der Waals surface area contributed by atoms with E-state index >= 15 is 0 Å². The van der Waals surface area contributed by atoms with Crippen molar-refractivity contribution < 1.29 is 13.5 Å². The summed E-state index contributed by atoms with van der Waals surface area (Å²) in [5, 5.41) is 9.24. The summed E-state index contributed by atoms with van der Waals surface area (Å²) in [6.07, 6.45) is 4.62. The number of aliphatic hydroxyl groups is 1. The molecule has 0 saturated carbocycles. The van der Waals surface area contributed by atoms with Gasteiger partial charge in [0.05, 0.1) is 6.61 Å². The summed E-state index contributed by atoms with van der Waals surface area (Å²) in [6.45, 7) is 3.08. The van der Waals surface area contributed by atoms with Crippen LogP contribution < -0.4 is 0 Å². The van der Waals surface area contributed by atoms with Crippen molar-refractivity contribution in [3.05, 3.63) is 0 Å². The standard InChI is InChI=1S/C11H22N2O3S/c1-10-5-2-3-7-12(10)17(15,16)13-8-4-6-11(13)9-14/h10-11,14H,2-9H2,1H3. The van der Waals surface area contributed by atoms with Crippen molar-refractivity contribution in [3.63, 3.8) is 0 Å². The summed E-state index contributed by atoms with van der Waals surface area (Å²) in [6, 6.07) is -0.122. The van der Waals surface area contributed by atoms with Gasteiger partial charge in [-0.15, -0.1) is 0 Å². The molecule has 100 valence electrons. The molecule has 6 heteroatoms.